The Morgan fingerprint density at radius 2 is 2.17 bits per heavy atom. The number of aliphatic hydroxyl groups excluding tert-OH is 1. The summed E-state index contributed by atoms with van der Waals surface area (Å²) in [4.78, 5) is 2.30. The molecule has 0 aliphatic heterocycles. The Morgan fingerprint density at radius 3 is 2.72 bits per heavy atom. The molecule has 0 atom stereocenters. The van der Waals surface area contributed by atoms with Gasteiger partial charge in [-0.2, -0.15) is 5.10 Å². The molecule has 1 fully saturated rings. The lowest BCUT2D eigenvalue weighted by atomic mass is 9.86. The molecular formula is C14H25N3O. The van der Waals surface area contributed by atoms with E-state index in [9.17, 15) is 5.11 Å². The van der Waals surface area contributed by atoms with E-state index in [0.717, 1.165) is 38.2 Å². The number of rotatable bonds is 6. The molecule has 1 saturated carbocycles. The fraction of sp³-hybridized carbons (Fsp3) is 0.786. The minimum absolute atomic E-state index is 0.141. The molecule has 0 bridgehead atoms. The average molecular weight is 251 g/mol. The molecule has 0 saturated heterocycles. The topological polar surface area (TPSA) is 41.3 Å². The summed E-state index contributed by atoms with van der Waals surface area (Å²) < 4.78 is 1.96. The standard InChI is InChI=1S/C14H25N3O/c1-3-17-9-6-13(15-17)10-16(2)11-14(12-18)7-4-5-8-14/h6,9,18H,3-5,7-8,10-12H2,1-2H3. The summed E-state index contributed by atoms with van der Waals surface area (Å²) >= 11 is 0. The van der Waals surface area contributed by atoms with Crippen LogP contribution in [0.4, 0.5) is 0 Å². The van der Waals surface area contributed by atoms with E-state index in [1.165, 1.54) is 12.8 Å². The van der Waals surface area contributed by atoms with Crippen molar-refractivity contribution in [1.29, 1.82) is 0 Å². The number of aryl methyl sites for hydroxylation is 1. The highest BCUT2D eigenvalue weighted by Gasteiger charge is 2.34. The molecule has 0 amide bonds. The third-order valence-electron chi connectivity index (χ3n) is 4.06. The molecule has 0 unspecified atom stereocenters. The highest BCUT2D eigenvalue weighted by molar-refractivity contribution is 4.99. The fourth-order valence-corrected chi connectivity index (χ4v) is 3.06. The van der Waals surface area contributed by atoms with Gasteiger partial charge < -0.3 is 5.11 Å². The van der Waals surface area contributed by atoms with E-state index in [1.54, 1.807) is 0 Å². The zero-order chi connectivity index (χ0) is 13.0. The van der Waals surface area contributed by atoms with Crippen LogP contribution in [0.1, 0.15) is 38.3 Å². The maximum atomic E-state index is 9.63. The number of hydrogen-bond donors (Lipinski definition) is 1. The van der Waals surface area contributed by atoms with Gasteiger partial charge >= 0.3 is 0 Å². The summed E-state index contributed by atoms with van der Waals surface area (Å²) in [6, 6.07) is 2.08. The highest BCUT2D eigenvalue weighted by Crippen LogP contribution is 2.38. The summed E-state index contributed by atoms with van der Waals surface area (Å²) in [6.45, 7) is 5.18. The van der Waals surface area contributed by atoms with Crippen molar-refractivity contribution < 1.29 is 5.11 Å². The molecule has 1 aliphatic carbocycles. The maximum absolute atomic E-state index is 9.63. The molecule has 102 valence electrons. The monoisotopic (exact) mass is 251 g/mol. The van der Waals surface area contributed by atoms with Gasteiger partial charge in [-0.1, -0.05) is 12.8 Å². The van der Waals surface area contributed by atoms with E-state index in [2.05, 4.69) is 30.0 Å². The fourth-order valence-electron chi connectivity index (χ4n) is 3.06. The number of hydrogen-bond acceptors (Lipinski definition) is 3. The van der Waals surface area contributed by atoms with Gasteiger partial charge in [-0.3, -0.25) is 9.58 Å². The Hall–Kier alpha value is -0.870. The van der Waals surface area contributed by atoms with Crippen LogP contribution >= 0.6 is 0 Å². The summed E-state index contributed by atoms with van der Waals surface area (Å²) in [5, 5.41) is 14.1. The lowest BCUT2D eigenvalue weighted by molar-refractivity contribution is 0.0858. The van der Waals surface area contributed by atoms with E-state index in [0.29, 0.717) is 6.61 Å². The lowest BCUT2D eigenvalue weighted by Crippen LogP contribution is -2.36. The van der Waals surface area contributed by atoms with Crippen LogP contribution in [0.3, 0.4) is 0 Å². The normalized spacial score (nSPS) is 18.7. The molecule has 0 radical (unpaired) electrons. The van der Waals surface area contributed by atoms with Crippen LogP contribution in [-0.2, 0) is 13.1 Å². The number of aliphatic hydroxyl groups is 1. The zero-order valence-electron chi connectivity index (χ0n) is 11.6. The molecule has 2 rings (SSSR count). The van der Waals surface area contributed by atoms with Crippen LogP contribution < -0.4 is 0 Å². The van der Waals surface area contributed by atoms with E-state index in [-0.39, 0.29) is 5.41 Å². The summed E-state index contributed by atoms with van der Waals surface area (Å²) in [5.74, 6) is 0. The lowest BCUT2D eigenvalue weighted by Gasteiger charge is -2.31. The van der Waals surface area contributed by atoms with Crippen molar-refractivity contribution in [3.63, 3.8) is 0 Å². The van der Waals surface area contributed by atoms with E-state index in [4.69, 9.17) is 0 Å². The van der Waals surface area contributed by atoms with Gasteiger partial charge in [0.15, 0.2) is 0 Å². The molecule has 1 aromatic heterocycles. The smallest absolute Gasteiger partial charge is 0.0764 e. The van der Waals surface area contributed by atoms with Crippen molar-refractivity contribution in [1.82, 2.24) is 14.7 Å². The van der Waals surface area contributed by atoms with Crippen molar-refractivity contribution in [2.24, 2.45) is 5.41 Å². The average Bonchev–Trinajstić information content (AvgIpc) is 2.99. The van der Waals surface area contributed by atoms with Gasteiger partial charge in [0.1, 0.15) is 0 Å². The van der Waals surface area contributed by atoms with Crippen molar-refractivity contribution in [3.05, 3.63) is 18.0 Å². The van der Waals surface area contributed by atoms with Gasteiger partial charge in [-0.25, -0.2) is 0 Å². The second-order valence-electron chi connectivity index (χ2n) is 5.70. The molecule has 18 heavy (non-hydrogen) atoms. The van der Waals surface area contributed by atoms with Crippen LogP contribution in [0.5, 0.6) is 0 Å². The Kier molecular flexibility index (Phi) is 4.40. The molecular weight excluding hydrogens is 226 g/mol. The third-order valence-corrected chi connectivity index (χ3v) is 4.06. The largest absolute Gasteiger partial charge is 0.396 e. The molecule has 4 heteroatoms. The second kappa shape index (κ2) is 5.85. The van der Waals surface area contributed by atoms with Crippen molar-refractivity contribution in [2.45, 2.75) is 45.7 Å². The van der Waals surface area contributed by atoms with Crippen molar-refractivity contribution >= 4 is 0 Å². The minimum atomic E-state index is 0.141. The molecule has 4 nitrogen and oxygen atoms in total. The predicted molar refractivity (Wildman–Crippen MR) is 72.2 cm³/mol. The minimum Gasteiger partial charge on any atom is -0.396 e. The quantitative estimate of drug-likeness (QED) is 0.839. The third kappa shape index (κ3) is 3.12. The Morgan fingerprint density at radius 1 is 1.44 bits per heavy atom. The number of nitrogens with zero attached hydrogens (tertiary/aromatic N) is 3. The number of aromatic nitrogens is 2. The van der Waals surface area contributed by atoms with E-state index < -0.39 is 0 Å². The van der Waals surface area contributed by atoms with Crippen LogP contribution in [0.15, 0.2) is 12.3 Å². The molecule has 0 spiro atoms. The van der Waals surface area contributed by atoms with Crippen molar-refractivity contribution in [3.8, 4) is 0 Å². The predicted octanol–water partition coefficient (Wildman–Crippen LogP) is 1.89. The first-order valence-electron chi connectivity index (χ1n) is 6.99. The molecule has 1 heterocycles. The van der Waals surface area contributed by atoms with Crippen LogP contribution in [0.25, 0.3) is 0 Å². The Labute approximate surface area is 110 Å². The second-order valence-corrected chi connectivity index (χ2v) is 5.70. The summed E-state index contributed by atoms with van der Waals surface area (Å²) in [5.41, 5.74) is 1.26. The van der Waals surface area contributed by atoms with Crippen LogP contribution in [-0.4, -0.2) is 40.0 Å². The maximum Gasteiger partial charge on any atom is 0.0764 e. The first kappa shape index (κ1) is 13.6. The first-order chi connectivity index (χ1) is 8.67. The molecule has 0 aromatic carbocycles. The van der Waals surface area contributed by atoms with Crippen molar-refractivity contribution in [2.75, 3.05) is 20.2 Å². The van der Waals surface area contributed by atoms with Gasteiger partial charge in [0, 0.05) is 37.9 Å². The SMILES string of the molecule is CCn1ccc(CN(C)CC2(CO)CCCC2)n1. The van der Waals surface area contributed by atoms with Gasteiger partial charge in [-0.05, 0) is 32.9 Å². The molecule has 1 N–H and O–H groups in total. The van der Waals surface area contributed by atoms with Gasteiger partial charge in [0.25, 0.3) is 0 Å². The van der Waals surface area contributed by atoms with Gasteiger partial charge in [0.05, 0.1) is 5.69 Å². The highest BCUT2D eigenvalue weighted by atomic mass is 16.3. The van der Waals surface area contributed by atoms with Gasteiger partial charge in [0.2, 0.25) is 0 Å². The zero-order valence-corrected chi connectivity index (χ0v) is 11.6. The summed E-state index contributed by atoms with van der Waals surface area (Å²) in [6.07, 6.45) is 6.88. The Bertz CT molecular complexity index is 369. The van der Waals surface area contributed by atoms with E-state index >= 15 is 0 Å². The molecule has 1 aliphatic rings. The first-order valence-corrected chi connectivity index (χ1v) is 6.99. The van der Waals surface area contributed by atoms with Crippen LogP contribution in [0, 0.1) is 5.41 Å². The van der Waals surface area contributed by atoms with Gasteiger partial charge in [-0.15, -0.1) is 0 Å². The summed E-state index contributed by atoms with van der Waals surface area (Å²) in [7, 11) is 2.13. The van der Waals surface area contributed by atoms with E-state index in [1.807, 2.05) is 10.9 Å². The van der Waals surface area contributed by atoms with Crippen LogP contribution in [0.2, 0.25) is 0 Å². The molecule has 1 aromatic rings. The Balaban J connectivity index is 1.89.